The summed E-state index contributed by atoms with van der Waals surface area (Å²) in [5, 5.41) is 9.91. The van der Waals surface area contributed by atoms with Crippen molar-refractivity contribution >= 4 is 43.7 Å². The van der Waals surface area contributed by atoms with Crippen LogP contribution in [-0.2, 0) is 4.84 Å². The third kappa shape index (κ3) is 3.21. The first-order valence-electron chi connectivity index (χ1n) is 5.09. The number of hydrogen-bond donors (Lipinski definition) is 2. The molecule has 0 atom stereocenters. The molecule has 0 aliphatic heterocycles. The largest absolute Gasteiger partial charge is 0.387 e. The molecule has 2 rings (SSSR count). The van der Waals surface area contributed by atoms with Crippen LogP contribution in [0.3, 0.4) is 0 Å². The van der Waals surface area contributed by atoms with Gasteiger partial charge in [0.15, 0.2) is 11.5 Å². The van der Waals surface area contributed by atoms with E-state index in [4.69, 9.17) is 10.6 Å². The lowest BCUT2D eigenvalue weighted by Gasteiger charge is -1.99. The fourth-order valence-electron chi connectivity index (χ4n) is 1.24. The molecular weight excluding hydrogens is 380 g/mol. The topological polar surface area (TPSA) is 93.4 Å². The van der Waals surface area contributed by atoms with E-state index in [9.17, 15) is 4.79 Å². The van der Waals surface area contributed by atoms with E-state index in [1.165, 1.54) is 0 Å². The molecule has 0 unspecified atom stereocenters. The second-order valence-electron chi connectivity index (χ2n) is 3.42. The number of oxime groups is 1. The minimum Gasteiger partial charge on any atom is -0.380 e. The first kappa shape index (κ1) is 13.8. The summed E-state index contributed by atoms with van der Waals surface area (Å²) in [6.45, 7) is 0. The van der Waals surface area contributed by atoms with E-state index in [1.54, 1.807) is 24.3 Å². The highest BCUT2D eigenvalue weighted by Gasteiger charge is 2.18. The van der Waals surface area contributed by atoms with Crippen LogP contribution in [0.5, 0.6) is 0 Å². The van der Waals surface area contributed by atoms with Crippen molar-refractivity contribution in [2.45, 2.75) is 0 Å². The average Bonchev–Trinajstić information content (AvgIpc) is 2.77. The summed E-state index contributed by atoms with van der Waals surface area (Å²) in [5.74, 6) is -0.604. The number of nitrogens with two attached hydrogens (primary N) is 1. The van der Waals surface area contributed by atoms with Gasteiger partial charge in [-0.1, -0.05) is 35.5 Å². The van der Waals surface area contributed by atoms with Gasteiger partial charge in [0.25, 0.3) is 0 Å². The van der Waals surface area contributed by atoms with Crippen LogP contribution in [0.15, 0.2) is 44.6 Å². The third-order valence-electron chi connectivity index (χ3n) is 2.16. The quantitative estimate of drug-likeness (QED) is 0.366. The zero-order valence-corrected chi connectivity index (χ0v) is 12.6. The Kier molecular flexibility index (Phi) is 4.33. The number of aromatic nitrogens is 2. The van der Waals surface area contributed by atoms with Gasteiger partial charge in [0.1, 0.15) is 4.60 Å². The Hall–Kier alpha value is -1.67. The molecule has 0 spiro atoms. The van der Waals surface area contributed by atoms with Crippen LogP contribution < -0.4 is 5.73 Å². The normalized spacial score (nSPS) is 11.4. The van der Waals surface area contributed by atoms with Crippen molar-refractivity contribution in [2.75, 3.05) is 0 Å². The van der Waals surface area contributed by atoms with Crippen molar-refractivity contribution in [2.24, 2.45) is 10.9 Å². The number of aromatic amines is 1. The zero-order chi connectivity index (χ0) is 13.8. The molecule has 0 aliphatic rings. The van der Waals surface area contributed by atoms with Gasteiger partial charge < -0.3 is 10.6 Å². The van der Waals surface area contributed by atoms with Gasteiger partial charge in [-0.05, 0) is 31.9 Å². The summed E-state index contributed by atoms with van der Waals surface area (Å²) in [4.78, 5) is 16.4. The number of carbonyl (C=O) groups excluding carboxylic acids is 1. The molecule has 0 saturated heterocycles. The van der Waals surface area contributed by atoms with Gasteiger partial charge in [0, 0.05) is 5.56 Å². The maximum Gasteiger partial charge on any atom is 0.387 e. The Morgan fingerprint density at radius 3 is 2.58 bits per heavy atom. The predicted molar refractivity (Wildman–Crippen MR) is 76.6 cm³/mol. The fraction of sp³-hybridized carbons (Fsp3) is 0. The second kappa shape index (κ2) is 5.98. The molecule has 8 heteroatoms. The zero-order valence-electron chi connectivity index (χ0n) is 9.43. The minimum atomic E-state index is -0.715. The molecule has 2 aromatic rings. The number of nitrogens with one attached hydrogen (secondary N) is 1. The van der Waals surface area contributed by atoms with Crippen molar-refractivity contribution in [3.8, 4) is 0 Å². The lowest BCUT2D eigenvalue weighted by atomic mass is 10.2. The highest BCUT2D eigenvalue weighted by Crippen LogP contribution is 2.24. The fourth-order valence-corrected chi connectivity index (χ4v) is 1.85. The third-order valence-corrected chi connectivity index (χ3v) is 4.03. The van der Waals surface area contributed by atoms with Gasteiger partial charge in [0.2, 0.25) is 0 Å². The lowest BCUT2D eigenvalue weighted by Crippen LogP contribution is -2.15. The monoisotopic (exact) mass is 386 g/mol. The maximum atomic E-state index is 11.7. The molecule has 0 amide bonds. The van der Waals surface area contributed by atoms with Gasteiger partial charge >= 0.3 is 5.97 Å². The number of hydrogen-bond acceptors (Lipinski definition) is 4. The molecule has 0 bridgehead atoms. The SMILES string of the molecule is N/C(=N\OC(=O)c1n[nH]c(Br)c1Br)c1ccccc1. The summed E-state index contributed by atoms with van der Waals surface area (Å²) in [5.41, 5.74) is 6.43. The Morgan fingerprint density at radius 1 is 1.32 bits per heavy atom. The molecule has 0 fully saturated rings. The molecular formula is C11H8Br2N4O2. The summed E-state index contributed by atoms with van der Waals surface area (Å²) in [7, 11) is 0. The standard InChI is InChI=1S/C11H8Br2N4O2/c12-7-8(15-16-9(7)13)11(18)19-17-10(14)6-4-2-1-3-5-6/h1-5H,(H2,14,17)(H,15,16). The Balaban J connectivity index is 2.10. The van der Waals surface area contributed by atoms with E-state index < -0.39 is 5.97 Å². The molecule has 0 saturated carbocycles. The molecule has 1 heterocycles. The summed E-state index contributed by atoms with van der Waals surface area (Å²) >= 11 is 6.35. The van der Waals surface area contributed by atoms with E-state index >= 15 is 0 Å². The Morgan fingerprint density at radius 2 is 2.00 bits per heavy atom. The number of amidine groups is 1. The number of benzene rings is 1. The van der Waals surface area contributed by atoms with E-state index in [0.717, 1.165) is 0 Å². The summed E-state index contributed by atoms with van der Waals surface area (Å²) in [6.07, 6.45) is 0. The lowest BCUT2D eigenvalue weighted by molar-refractivity contribution is 0.0508. The smallest absolute Gasteiger partial charge is 0.380 e. The Bertz CT molecular complexity index is 625. The maximum absolute atomic E-state index is 11.7. The number of rotatable bonds is 3. The van der Waals surface area contributed by atoms with Crippen LogP contribution in [0.25, 0.3) is 0 Å². The van der Waals surface area contributed by atoms with Crippen molar-refractivity contribution in [1.29, 1.82) is 0 Å². The van der Waals surface area contributed by atoms with E-state index in [2.05, 4.69) is 47.2 Å². The second-order valence-corrected chi connectivity index (χ2v) is 5.01. The molecule has 1 aromatic carbocycles. The van der Waals surface area contributed by atoms with E-state index in [0.29, 0.717) is 14.6 Å². The van der Waals surface area contributed by atoms with Gasteiger partial charge in [-0.2, -0.15) is 5.10 Å². The number of halogens is 2. The highest BCUT2D eigenvalue weighted by molar-refractivity contribution is 9.13. The number of nitrogens with zero attached hydrogens (tertiary/aromatic N) is 2. The van der Waals surface area contributed by atoms with E-state index in [-0.39, 0.29) is 11.5 Å². The molecule has 19 heavy (non-hydrogen) atoms. The van der Waals surface area contributed by atoms with Gasteiger partial charge in [-0.3, -0.25) is 5.10 Å². The van der Waals surface area contributed by atoms with Crippen LogP contribution >= 0.6 is 31.9 Å². The van der Waals surface area contributed by atoms with Crippen LogP contribution in [-0.4, -0.2) is 22.0 Å². The van der Waals surface area contributed by atoms with Crippen LogP contribution in [0.2, 0.25) is 0 Å². The summed E-state index contributed by atoms with van der Waals surface area (Å²) < 4.78 is 1.01. The van der Waals surface area contributed by atoms with Crippen LogP contribution in [0, 0.1) is 0 Å². The van der Waals surface area contributed by atoms with Crippen LogP contribution in [0.4, 0.5) is 0 Å². The average molecular weight is 388 g/mol. The number of carbonyl (C=O) groups is 1. The molecule has 0 radical (unpaired) electrons. The number of H-pyrrole nitrogens is 1. The van der Waals surface area contributed by atoms with Gasteiger partial charge in [0.05, 0.1) is 4.47 Å². The first-order valence-corrected chi connectivity index (χ1v) is 6.67. The molecule has 0 aliphatic carbocycles. The van der Waals surface area contributed by atoms with E-state index in [1.807, 2.05) is 6.07 Å². The van der Waals surface area contributed by atoms with Crippen molar-refractivity contribution < 1.29 is 9.63 Å². The minimum absolute atomic E-state index is 0.0801. The predicted octanol–water partition coefficient (Wildman–Crippen LogP) is 2.41. The van der Waals surface area contributed by atoms with Crippen molar-refractivity contribution in [1.82, 2.24) is 10.2 Å². The first-order chi connectivity index (χ1) is 9.09. The highest BCUT2D eigenvalue weighted by atomic mass is 79.9. The Labute approximate surface area is 125 Å². The molecule has 3 N–H and O–H groups in total. The van der Waals surface area contributed by atoms with Crippen molar-refractivity contribution in [3.05, 3.63) is 50.7 Å². The van der Waals surface area contributed by atoms with Gasteiger partial charge in [-0.25, -0.2) is 4.79 Å². The van der Waals surface area contributed by atoms with Gasteiger partial charge in [-0.15, -0.1) is 0 Å². The summed E-state index contributed by atoms with van der Waals surface area (Å²) in [6, 6.07) is 8.98. The molecule has 98 valence electrons. The van der Waals surface area contributed by atoms with Crippen LogP contribution in [0.1, 0.15) is 16.1 Å². The molecule has 1 aromatic heterocycles. The van der Waals surface area contributed by atoms with Crippen molar-refractivity contribution in [3.63, 3.8) is 0 Å². The molecule has 6 nitrogen and oxygen atoms in total.